The Morgan fingerprint density at radius 2 is 1.67 bits per heavy atom. The van der Waals surface area contributed by atoms with E-state index in [1.807, 2.05) is 30.5 Å². The summed E-state index contributed by atoms with van der Waals surface area (Å²) in [5.74, 6) is -1.04. The van der Waals surface area contributed by atoms with Crippen molar-refractivity contribution in [2.75, 3.05) is 0 Å². The maximum atomic E-state index is 13.0. The maximum Gasteiger partial charge on any atom is 0.329 e. The van der Waals surface area contributed by atoms with Gasteiger partial charge in [-0.15, -0.1) is 0 Å². The van der Waals surface area contributed by atoms with E-state index in [1.54, 1.807) is 42.5 Å². The molecule has 0 aliphatic carbocycles. The second kappa shape index (κ2) is 10.3. The number of halogens is 3. The van der Waals surface area contributed by atoms with Crippen molar-refractivity contribution in [1.82, 2.24) is 10.3 Å². The molecule has 0 bridgehead atoms. The van der Waals surface area contributed by atoms with Gasteiger partial charge in [0.25, 0.3) is 5.91 Å². The molecule has 0 radical (unpaired) electrons. The summed E-state index contributed by atoms with van der Waals surface area (Å²) in [6.07, 6.45) is 2.06. The minimum Gasteiger partial charge on any atom is -0.459 e. The van der Waals surface area contributed by atoms with Crippen LogP contribution in [0.4, 0.5) is 0 Å². The number of H-pyrrole nitrogens is 1. The lowest BCUT2D eigenvalue weighted by Crippen LogP contribution is -2.43. The number of aromatic amines is 1. The van der Waals surface area contributed by atoms with Crippen LogP contribution in [-0.4, -0.2) is 22.9 Å². The van der Waals surface area contributed by atoms with Crippen LogP contribution in [0.3, 0.4) is 0 Å². The SMILES string of the molecule is O=C(NC(Cc1c[nH]c2ccccc12)C(=O)OCc1ccc(Cl)c(Cl)c1)c1ccccc1Cl. The third-order valence-corrected chi connectivity index (χ3v) is 6.24. The van der Waals surface area contributed by atoms with E-state index in [1.165, 1.54) is 0 Å². The van der Waals surface area contributed by atoms with Gasteiger partial charge in [0.05, 0.1) is 20.6 Å². The fourth-order valence-corrected chi connectivity index (χ4v) is 4.02. The van der Waals surface area contributed by atoms with Gasteiger partial charge in [0.2, 0.25) is 0 Å². The molecule has 5 nitrogen and oxygen atoms in total. The van der Waals surface area contributed by atoms with E-state index >= 15 is 0 Å². The Hall–Kier alpha value is -2.99. The lowest BCUT2D eigenvalue weighted by molar-refractivity contribution is -0.147. The van der Waals surface area contributed by atoms with E-state index in [-0.39, 0.29) is 18.6 Å². The third kappa shape index (κ3) is 5.50. The van der Waals surface area contributed by atoms with Crippen molar-refractivity contribution in [3.8, 4) is 0 Å². The van der Waals surface area contributed by atoms with Crippen LogP contribution in [0.2, 0.25) is 15.1 Å². The summed E-state index contributed by atoms with van der Waals surface area (Å²) in [6.45, 7) is -0.0118. The van der Waals surface area contributed by atoms with Crippen molar-refractivity contribution in [3.63, 3.8) is 0 Å². The highest BCUT2D eigenvalue weighted by molar-refractivity contribution is 6.42. The summed E-state index contributed by atoms with van der Waals surface area (Å²) < 4.78 is 5.51. The van der Waals surface area contributed by atoms with Crippen LogP contribution in [0.5, 0.6) is 0 Å². The molecule has 2 N–H and O–H groups in total. The van der Waals surface area contributed by atoms with Gasteiger partial charge in [0.1, 0.15) is 12.6 Å². The van der Waals surface area contributed by atoms with Gasteiger partial charge in [-0.2, -0.15) is 0 Å². The molecule has 4 aromatic rings. The number of fused-ring (bicyclic) bond motifs is 1. The lowest BCUT2D eigenvalue weighted by Gasteiger charge is -2.18. The Kier molecular flexibility index (Phi) is 7.23. The zero-order valence-electron chi connectivity index (χ0n) is 17.3. The molecule has 4 rings (SSSR count). The van der Waals surface area contributed by atoms with Crippen molar-refractivity contribution in [1.29, 1.82) is 0 Å². The second-order valence-electron chi connectivity index (χ2n) is 7.43. The van der Waals surface area contributed by atoms with Gasteiger partial charge in [-0.05, 0) is 41.5 Å². The molecule has 1 unspecified atom stereocenters. The molecule has 1 atom stereocenters. The molecule has 3 aromatic carbocycles. The molecule has 0 saturated heterocycles. The Labute approximate surface area is 205 Å². The minimum atomic E-state index is -0.934. The first-order chi connectivity index (χ1) is 15.9. The fraction of sp³-hybridized carbons (Fsp3) is 0.120. The van der Waals surface area contributed by atoms with Gasteiger partial charge in [-0.1, -0.05) is 71.2 Å². The molecule has 0 fully saturated rings. The summed E-state index contributed by atoms with van der Waals surface area (Å²) in [5.41, 5.74) is 2.77. The number of carbonyl (C=O) groups excluding carboxylic acids is 2. The number of benzene rings is 3. The van der Waals surface area contributed by atoms with E-state index in [9.17, 15) is 9.59 Å². The number of esters is 1. The average Bonchev–Trinajstić information content (AvgIpc) is 3.22. The number of rotatable bonds is 7. The number of amides is 1. The van der Waals surface area contributed by atoms with Crippen LogP contribution in [0.1, 0.15) is 21.5 Å². The molecule has 168 valence electrons. The van der Waals surface area contributed by atoms with Crippen molar-refractivity contribution in [3.05, 3.63) is 105 Å². The van der Waals surface area contributed by atoms with E-state index in [4.69, 9.17) is 39.5 Å². The number of nitrogens with one attached hydrogen (secondary N) is 2. The molecule has 1 amide bonds. The van der Waals surface area contributed by atoms with Crippen molar-refractivity contribution in [2.24, 2.45) is 0 Å². The average molecular weight is 502 g/mol. The topological polar surface area (TPSA) is 71.2 Å². The highest BCUT2D eigenvalue weighted by Crippen LogP contribution is 2.24. The number of ether oxygens (including phenoxy) is 1. The summed E-state index contributed by atoms with van der Waals surface area (Å²) in [4.78, 5) is 29.1. The number of hydrogen-bond acceptors (Lipinski definition) is 3. The molecule has 0 saturated carbocycles. The zero-order chi connectivity index (χ0) is 23.4. The van der Waals surface area contributed by atoms with Crippen LogP contribution in [-0.2, 0) is 22.6 Å². The van der Waals surface area contributed by atoms with Gasteiger partial charge >= 0.3 is 5.97 Å². The summed E-state index contributed by atoms with van der Waals surface area (Å²) in [6, 6.07) is 18.4. The number of para-hydroxylation sites is 1. The van der Waals surface area contributed by atoms with E-state index < -0.39 is 17.9 Å². The third-order valence-electron chi connectivity index (χ3n) is 5.17. The highest BCUT2D eigenvalue weighted by atomic mass is 35.5. The molecule has 0 aliphatic heterocycles. The summed E-state index contributed by atoms with van der Waals surface area (Å²) in [5, 5.41) is 4.82. The van der Waals surface area contributed by atoms with E-state index in [0.29, 0.717) is 20.6 Å². The maximum absolute atomic E-state index is 13.0. The number of aromatic nitrogens is 1. The van der Waals surface area contributed by atoms with Crippen molar-refractivity contribution in [2.45, 2.75) is 19.1 Å². The first kappa shape index (κ1) is 23.2. The van der Waals surface area contributed by atoms with E-state index in [0.717, 1.165) is 16.5 Å². The van der Waals surface area contributed by atoms with Crippen LogP contribution < -0.4 is 5.32 Å². The first-order valence-corrected chi connectivity index (χ1v) is 11.3. The van der Waals surface area contributed by atoms with Crippen LogP contribution in [0.15, 0.2) is 72.9 Å². The van der Waals surface area contributed by atoms with Gasteiger partial charge in [-0.3, -0.25) is 4.79 Å². The monoisotopic (exact) mass is 500 g/mol. The lowest BCUT2D eigenvalue weighted by atomic mass is 10.0. The van der Waals surface area contributed by atoms with Crippen LogP contribution in [0.25, 0.3) is 10.9 Å². The van der Waals surface area contributed by atoms with Gasteiger partial charge in [-0.25, -0.2) is 4.79 Å². The molecule has 1 aromatic heterocycles. The Morgan fingerprint density at radius 1 is 0.909 bits per heavy atom. The molecular formula is C25H19Cl3N2O3. The molecule has 1 heterocycles. The summed E-state index contributed by atoms with van der Waals surface area (Å²) in [7, 11) is 0. The predicted octanol–water partition coefficient (Wildman–Crippen LogP) is 6.21. The molecule has 0 aliphatic rings. The van der Waals surface area contributed by atoms with Crippen molar-refractivity contribution >= 4 is 57.6 Å². The zero-order valence-corrected chi connectivity index (χ0v) is 19.5. The summed E-state index contributed by atoms with van der Waals surface area (Å²) >= 11 is 18.2. The fourth-order valence-electron chi connectivity index (χ4n) is 3.48. The number of carbonyl (C=O) groups is 2. The van der Waals surface area contributed by atoms with Crippen molar-refractivity contribution < 1.29 is 14.3 Å². The Bertz CT molecular complexity index is 1320. The molecule has 33 heavy (non-hydrogen) atoms. The van der Waals surface area contributed by atoms with E-state index in [2.05, 4.69) is 10.3 Å². The number of hydrogen-bond donors (Lipinski definition) is 2. The van der Waals surface area contributed by atoms with Gasteiger partial charge in [0, 0.05) is 23.5 Å². The normalized spacial score (nSPS) is 11.8. The predicted molar refractivity (Wildman–Crippen MR) is 131 cm³/mol. The Balaban J connectivity index is 1.55. The molecule has 8 heteroatoms. The standard InChI is InChI=1S/C25H19Cl3N2O3/c26-19-7-3-1-6-18(19)24(31)30-23(12-16-13-29-22-8-4-2-5-17(16)22)25(32)33-14-15-9-10-20(27)21(28)11-15/h1-11,13,23,29H,12,14H2,(H,30,31). The first-order valence-electron chi connectivity index (χ1n) is 10.1. The van der Waals surface area contributed by atoms with Crippen LogP contribution >= 0.6 is 34.8 Å². The Morgan fingerprint density at radius 3 is 2.45 bits per heavy atom. The van der Waals surface area contributed by atoms with Crippen LogP contribution in [0, 0.1) is 0 Å². The largest absolute Gasteiger partial charge is 0.459 e. The minimum absolute atomic E-state index is 0.0118. The highest BCUT2D eigenvalue weighted by Gasteiger charge is 2.25. The van der Waals surface area contributed by atoms with Gasteiger partial charge < -0.3 is 15.0 Å². The van der Waals surface area contributed by atoms with Gasteiger partial charge in [0.15, 0.2) is 0 Å². The second-order valence-corrected chi connectivity index (χ2v) is 8.65. The smallest absolute Gasteiger partial charge is 0.329 e. The molecule has 0 spiro atoms. The quantitative estimate of drug-likeness (QED) is 0.296. The molecular weight excluding hydrogens is 483 g/mol.